The molecule has 0 saturated carbocycles. The largest absolute Gasteiger partial charge is 0.489 e. The highest BCUT2D eigenvalue weighted by molar-refractivity contribution is 9.10. The van der Waals surface area contributed by atoms with Crippen LogP contribution in [0.2, 0.25) is 0 Å². The standard InChI is InChI=1S/C18H19BrN2O3S/c19-13-9-12(10-14-16(13)24-8-4-7-23-14)11-15-17(22)20-18(25-15)21-5-2-1-3-6-21/h9-11H,1-8H2/b15-11-. The molecule has 0 aliphatic carbocycles. The number of hydrogen-bond acceptors (Lipinski definition) is 5. The van der Waals surface area contributed by atoms with Gasteiger partial charge in [-0.25, -0.2) is 0 Å². The number of ether oxygens (including phenoxy) is 2. The second-order valence-electron chi connectivity index (χ2n) is 6.24. The number of fused-ring (bicyclic) bond motifs is 1. The van der Waals surface area contributed by atoms with Crippen molar-refractivity contribution in [3.05, 3.63) is 27.1 Å². The maximum atomic E-state index is 12.3. The molecule has 0 N–H and O–H groups in total. The average Bonchev–Trinajstić information content (AvgIpc) is 2.82. The molecular formula is C18H19BrN2O3S. The predicted octanol–water partition coefficient (Wildman–Crippen LogP) is 4.07. The van der Waals surface area contributed by atoms with Crippen molar-refractivity contribution in [1.29, 1.82) is 0 Å². The molecule has 0 aromatic heterocycles. The van der Waals surface area contributed by atoms with Crippen LogP contribution in [0.3, 0.4) is 0 Å². The van der Waals surface area contributed by atoms with Crippen LogP contribution in [-0.4, -0.2) is 42.3 Å². The summed E-state index contributed by atoms with van der Waals surface area (Å²) in [6, 6.07) is 3.87. The fraction of sp³-hybridized carbons (Fsp3) is 0.444. The Hall–Kier alpha value is -1.47. The fourth-order valence-electron chi connectivity index (χ4n) is 3.10. The number of likely N-dealkylation sites (tertiary alicyclic amines) is 1. The number of piperidine rings is 1. The van der Waals surface area contributed by atoms with Gasteiger partial charge in [0.25, 0.3) is 5.91 Å². The number of thioether (sulfide) groups is 1. The van der Waals surface area contributed by atoms with Crippen molar-refractivity contribution in [2.75, 3.05) is 26.3 Å². The zero-order valence-electron chi connectivity index (χ0n) is 13.8. The van der Waals surface area contributed by atoms with Crippen LogP contribution in [-0.2, 0) is 4.79 Å². The summed E-state index contributed by atoms with van der Waals surface area (Å²) in [5, 5.41) is 0.837. The highest BCUT2D eigenvalue weighted by atomic mass is 79.9. The molecule has 0 radical (unpaired) electrons. The first-order valence-electron chi connectivity index (χ1n) is 8.57. The summed E-state index contributed by atoms with van der Waals surface area (Å²) in [6.45, 7) is 3.26. The third kappa shape index (κ3) is 3.72. The number of amides is 1. The van der Waals surface area contributed by atoms with Gasteiger partial charge in [0.1, 0.15) is 0 Å². The quantitative estimate of drug-likeness (QED) is 0.638. The number of nitrogens with zero attached hydrogens (tertiary/aromatic N) is 2. The van der Waals surface area contributed by atoms with Crippen molar-refractivity contribution in [2.24, 2.45) is 4.99 Å². The second-order valence-corrected chi connectivity index (χ2v) is 8.10. The van der Waals surface area contributed by atoms with Crippen LogP contribution < -0.4 is 9.47 Å². The van der Waals surface area contributed by atoms with Crippen LogP contribution >= 0.6 is 27.7 Å². The van der Waals surface area contributed by atoms with E-state index in [0.717, 1.165) is 40.5 Å². The summed E-state index contributed by atoms with van der Waals surface area (Å²) in [5.74, 6) is 1.29. The van der Waals surface area contributed by atoms with Gasteiger partial charge < -0.3 is 14.4 Å². The molecule has 132 valence electrons. The fourth-order valence-corrected chi connectivity index (χ4v) is 4.64. The summed E-state index contributed by atoms with van der Waals surface area (Å²) >= 11 is 5.01. The van der Waals surface area contributed by atoms with Crippen LogP contribution in [0.15, 0.2) is 26.5 Å². The molecule has 1 saturated heterocycles. The van der Waals surface area contributed by atoms with E-state index < -0.39 is 0 Å². The number of carbonyl (C=O) groups is 1. The summed E-state index contributed by atoms with van der Waals surface area (Å²) in [4.78, 5) is 19.4. The molecule has 1 fully saturated rings. The van der Waals surface area contributed by atoms with Gasteiger partial charge in [0.2, 0.25) is 0 Å². The number of carbonyl (C=O) groups excluding carboxylic acids is 1. The molecule has 0 spiro atoms. The first-order valence-corrected chi connectivity index (χ1v) is 10.2. The lowest BCUT2D eigenvalue weighted by atomic mass is 10.1. The monoisotopic (exact) mass is 422 g/mol. The molecular weight excluding hydrogens is 404 g/mol. The minimum absolute atomic E-state index is 0.159. The lowest BCUT2D eigenvalue weighted by Crippen LogP contribution is -2.33. The Morgan fingerprint density at radius 3 is 2.76 bits per heavy atom. The normalized spacial score (nSPS) is 22.1. The van der Waals surface area contributed by atoms with Gasteiger partial charge in [0.05, 0.1) is 22.6 Å². The minimum Gasteiger partial charge on any atom is -0.489 e. The molecule has 0 atom stereocenters. The summed E-state index contributed by atoms with van der Waals surface area (Å²) in [5.41, 5.74) is 0.905. The van der Waals surface area contributed by atoms with Gasteiger partial charge >= 0.3 is 0 Å². The smallest absolute Gasteiger partial charge is 0.286 e. The van der Waals surface area contributed by atoms with E-state index in [4.69, 9.17) is 9.47 Å². The van der Waals surface area contributed by atoms with Gasteiger partial charge in [0.15, 0.2) is 16.7 Å². The van der Waals surface area contributed by atoms with E-state index in [-0.39, 0.29) is 5.91 Å². The van der Waals surface area contributed by atoms with Crippen molar-refractivity contribution >= 4 is 44.8 Å². The Balaban J connectivity index is 1.56. The molecule has 3 aliphatic heterocycles. The highest BCUT2D eigenvalue weighted by Gasteiger charge is 2.27. The van der Waals surface area contributed by atoms with Crippen molar-refractivity contribution in [3.8, 4) is 11.5 Å². The number of benzene rings is 1. The highest BCUT2D eigenvalue weighted by Crippen LogP contribution is 2.40. The topological polar surface area (TPSA) is 51.1 Å². The van der Waals surface area contributed by atoms with E-state index in [2.05, 4.69) is 25.8 Å². The van der Waals surface area contributed by atoms with Crippen LogP contribution in [0, 0.1) is 0 Å². The van der Waals surface area contributed by atoms with E-state index in [0.29, 0.717) is 23.9 Å². The van der Waals surface area contributed by atoms with Crippen molar-refractivity contribution in [1.82, 2.24) is 4.90 Å². The van der Waals surface area contributed by atoms with Gasteiger partial charge in [0, 0.05) is 19.5 Å². The molecule has 5 nitrogen and oxygen atoms in total. The van der Waals surface area contributed by atoms with E-state index in [9.17, 15) is 4.79 Å². The van der Waals surface area contributed by atoms with Crippen molar-refractivity contribution in [2.45, 2.75) is 25.7 Å². The molecule has 3 aliphatic rings. The predicted molar refractivity (Wildman–Crippen MR) is 103 cm³/mol. The van der Waals surface area contributed by atoms with Crippen LogP contribution in [0.4, 0.5) is 0 Å². The molecule has 1 aromatic rings. The summed E-state index contributed by atoms with van der Waals surface area (Å²) in [6.07, 6.45) is 6.34. The van der Waals surface area contributed by atoms with Gasteiger partial charge in [-0.3, -0.25) is 4.79 Å². The Kier molecular flexibility index (Phi) is 5.03. The first kappa shape index (κ1) is 17.0. The summed E-state index contributed by atoms with van der Waals surface area (Å²) < 4.78 is 12.3. The molecule has 1 amide bonds. The van der Waals surface area contributed by atoms with Gasteiger partial charge in [-0.1, -0.05) is 0 Å². The van der Waals surface area contributed by atoms with E-state index in [1.807, 2.05) is 18.2 Å². The van der Waals surface area contributed by atoms with Crippen LogP contribution in [0.5, 0.6) is 11.5 Å². The number of halogens is 1. The molecule has 4 rings (SSSR count). The minimum atomic E-state index is -0.159. The average molecular weight is 423 g/mol. The molecule has 3 heterocycles. The Labute approximate surface area is 159 Å². The van der Waals surface area contributed by atoms with E-state index in [1.165, 1.54) is 31.0 Å². The van der Waals surface area contributed by atoms with Crippen molar-refractivity contribution < 1.29 is 14.3 Å². The SMILES string of the molecule is O=C1N=C(N2CCCCC2)S/C1=C\c1cc(Br)c2c(c1)OCCCO2. The Bertz CT molecular complexity index is 757. The number of aliphatic imine (C=N–C) groups is 1. The first-order chi connectivity index (χ1) is 12.2. The molecule has 7 heteroatoms. The number of amidine groups is 1. The van der Waals surface area contributed by atoms with Gasteiger partial charge in [-0.15, -0.1) is 0 Å². The third-order valence-corrected chi connectivity index (χ3v) is 5.99. The van der Waals surface area contributed by atoms with Crippen LogP contribution in [0.25, 0.3) is 6.08 Å². The number of hydrogen-bond donors (Lipinski definition) is 0. The maximum absolute atomic E-state index is 12.3. The third-order valence-electron chi connectivity index (χ3n) is 4.36. The van der Waals surface area contributed by atoms with Gasteiger partial charge in [-0.05, 0) is 70.7 Å². The molecule has 1 aromatic carbocycles. The zero-order chi connectivity index (χ0) is 17.2. The van der Waals surface area contributed by atoms with E-state index >= 15 is 0 Å². The maximum Gasteiger partial charge on any atom is 0.286 e. The lowest BCUT2D eigenvalue weighted by molar-refractivity contribution is -0.113. The second kappa shape index (κ2) is 7.41. The Morgan fingerprint density at radius 2 is 1.92 bits per heavy atom. The lowest BCUT2D eigenvalue weighted by Gasteiger charge is -2.27. The molecule has 0 unspecified atom stereocenters. The zero-order valence-corrected chi connectivity index (χ0v) is 16.2. The molecule has 25 heavy (non-hydrogen) atoms. The molecule has 0 bridgehead atoms. The summed E-state index contributed by atoms with van der Waals surface area (Å²) in [7, 11) is 0. The van der Waals surface area contributed by atoms with Gasteiger partial charge in [-0.2, -0.15) is 4.99 Å². The number of rotatable bonds is 1. The Morgan fingerprint density at radius 1 is 1.12 bits per heavy atom. The van der Waals surface area contributed by atoms with E-state index in [1.54, 1.807) is 0 Å². The van der Waals surface area contributed by atoms with Crippen LogP contribution in [0.1, 0.15) is 31.2 Å². The van der Waals surface area contributed by atoms with Crippen molar-refractivity contribution in [3.63, 3.8) is 0 Å².